The second-order valence-electron chi connectivity index (χ2n) is 5.90. The highest BCUT2D eigenvalue weighted by molar-refractivity contribution is 5.78. The molecule has 1 aromatic heterocycles. The number of nitrogens with zero attached hydrogens (tertiary/aromatic N) is 2. The van der Waals surface area contributed by atoms with Crippen LogP contribution in [0.4, 0.5) is 4.39 Å². The minimum atomic E-state index is -0.327. The number of aryl methyl sites for hydroxylation is 1. The topological polar surface area (TPSA) is 46.9 Å². The van der Waals surface area contributed by atoms with Gasteiger partial charge in [-0.15, -0.1) is 0 Å². The number of benzene rings is 2. The molecule has 0 aliphatic carbocycles. The number of imidazole rings is 1. The Labute approximate surface area is 146 Å². The fraction of sp³-hybridized carbons (Fsp3) is 0.200. The van der Waals surface area contributed by atoms with Gasteiger partial charge in [-0.3, -0.25) is 4.79 Å². The van der Waals surface area contributed by atoms with E-state index >= 15 is 0 Å². The summed E-state index contributed by atoms with van der Waals surface area (Å²) < 4.78 is 15.2. The molecule has 2 aromatic carbocycles. The van der Waals surface area contributed by atoms with E-state index in [0.717, 1.165) is 17.1 Å². The van der Waals surface area contributed by atoms with E-state index in [-0.39, 0.29) is 18.1 Å². The van der Waals surface area contributed by atoms with E-state index in [2.05, 4.69) is 14.9 Å². The lowest BCUT2D eigenvalue weighted by Gasteiger charge is -2.11. The maximum atomic E-state index is 13.2. The Bertz CT molecular complexity index is 858. The van der Waals surface area contributed by atoms with Gasteiger partial charge in [0.15, 0.2) is 0 Å². The molecule has 128 valence electrons. The lowest BCUT2D eigenvalue weighted by molar-refractivity contribution is -0.120. The first-order valence-electron chi connectivity index (χ1n) is 8.22. The van der Waals surface area contributed by atoms with Gasteiger partial charge in [0.05, 0.1) is 6.42 Å². The van der Waals surface area contributed by atoms with Gasteiger partial charge >= 0.3 is 0 Å². The summed E-state index contributed by atoms with van der Waals surface area (Å²) >= 11 is 0. The molecule has 0 bridgehead atoms. The highest BCUT2D eigenvalue weighted by atomic mass is 19.1. The molecular formula is C20H20FN3O. The Morgan fingerprint density at radius 3 is 2.72 bits per heavy atom. The summed E-state index contributed by atoms with van der Waals surface area (Å²) in [7, 11) is 0. The number of rotatable bonds is 6. The number of carbonyl (C=O) groups is 1. The monoisotopic (exact) mass is 337 g/mol. The molecule has 5 heteroatoms. The van der Waals surface area contributed by atoms with E-state index < -0.39 is 0 Å². The van der Waals surface area contributed by atoms with E-state index in [1.54, 1.807) is 12.1 Å². The molecule has 0 saturated carbocycles. The maximum Gasteiger partial charge on any atom is 0.224 e. The van der Waals surface area contributed by atoms with Crippen molar-refractivity contribution in [3.63, 3.8) is 0 Å². The summed E-state index contributed by atoms with van der Waals surface area (Å²) in [5.74, 6) is 0.439. The van der Waals surface area contributed by atoms with Gasteiger partial charge in [-0.1, -0.05) is 42.5 Å². The lowest BCUT2D eigenvalue weighted by atomic mass is 10.1. The van der Waals surface area contributed by atoms with Crippen LogP contribution in [0.3, 0.4) is 0 Å². The largest absolute Gasteiger partial charge is 0.354 e. The normalized spacial score (nSPS) is 10.6. The molecule has 0 spiro atoms. The van der Waals surface area contributed by atoms with E-state index in [1.807, 2.05) is 43.5 Å². The number of amides is 1. The van der Waals surface area contributed by atoms with Gasteiger partial charge in [0.25, 0.3) is 0 Å². The fourth-order valence-corrected chi connectivity index (χ4v) is 2.76. The Kier molecular flexibility index (Phi) is 5.23. The molecule has 25 heavy (non-hydrogen) atoms. The van der Waals surface area contributed by atoms with Crippen LogP contribution in [0.15, 0.2) is 60.8 Å². The fourth-order valence-electron chi connectivity index (χ4n) is 2.76. The van der Waals surface area contributed by atoms with Crippen molar-refractivity contribution < 1.29 is 9.18 Å². The first-order valence-corrected chi connectivity index (χ1v) is 8.22. The SMILES string of the molecule is Cc1cnc(-c2ccccc2)n1CCNC(=O)Cc1cccc(F)c1. The van der Waals surface area contributed by atoms with Crippen LogP contribution in [0.25, 0.3) is 11.4 Å². The van der Waals surface area contributed by atoms with Crippen molar-refractivity contribution in [3.8, 4) is 11.4 Å². The van der Waals surface area contributed by atoms with Gasteiger partial charge in [0, 0.05) is 30.5 Å². The molecule has 0 radical (unpaired) electrons. The number of halogens is 1. The van der Waals surface area contributed by atoms with Crippen LogP contribution in [-0.2, 0) is 17.8 Å². The van der Waals surface area contributed by atoms with Gasteiger partial charge in [-0.05, 0) is 24.6 Å². The molecule has 0 saturated heterocycles. The van der Waals surface area contributed by atoms with E-state index in [0.29, 0.717) is 18.7 Å². The van der Waals surface area contributed by atoms with Crippen LogP contribution in [0.5, 0.6) is 0 Å². The van der Waals surface area contributed by atoms with Gasteiger partial charge in [-0.25, -0.2) is 9.37 Å². The zero-order chi connectivity index (χ0) is 17.6. The van der Waals surface area contributed by atoms with Crippen LogP contribution in [0.2, 0.25) is 0 Å². The number of nitrogens with one attached hydrogen (secondary N) is 1. The molecule has 3 rings (SSSR count). The van der Waals surface area contributed by atoms with Crippen molar-refractivity contribution in [1.29, 1.82) is 0 Å². The maximum absolute atomic E-state index is 13.2. The molecule has 0 aliphatic rings. The number of aromatic nitrogens is 2. The Morgan fingerprint density at radius 1 is 1.16 bits per heavy atom. The summed E-state index contributed by atoms with van der Waals surface area (Å²) in [6, 6.07) is 16.1. The number of carbonyl (C=O) groups excluding carboxylic acids is 1. The molecule has 1 N–H and O–H groups in total. The number of hydrogen-bond donors (Lipinski definition) is 1. The molecule has 0 fully saturated rings. The van der Waals surface area contributed by atoms with Gasteiger partial charge in [-0.2, -0.15) is 0 Å². The second kappa shape index (κ2) is 7.75. The van der Waals surface area contributed by atoms with Gasteiger partial charge in [0.1, 0.15) is 11.6 Å². The summed E-state index contributed by atoms with van der Waals surface area (Å²) in [5, 5.41) is 2.88. The average molecular weight is 337 g/mol. The third-order valence-electron chi connectivity index (χ3n) is 4.00. The molecule has 1 amide bonds. The summed E-state index contributed by atoms with van der Waals surface area (Å²) in [5.41, 5.74) is 2.75. The zero-order valence-electron chi connectivity index (χ0n) is 14.1. The minimum Gasteiger partial charge on any atom is -0.354 e. The van der Waals surface area contributed by atoms with Crippen LogP contribution >= 0.6 is 0 Å². The van der Waals surface area contributed by atoms with Crippen molar-refractivity contribution in [3.05, 3.63) is 77.9 Å². The minimum absolute atomic E-state index is 0.121. The standard InChI is InChI=1S/C20H20FN3O/c1-15-14-23-20(17-7-3-2-4-8-17)24(15)11-10-22-19(25)13-16-6-5-9-18(21)12-16/h2-9,12,14H,10-11,13H2,1H3,(H,22,25). The Balaban J connectivity index is 1.59. The number of hydrogen-bond acceptors (Lipinski definition) is 2. The van der Waals surface area contributed by atoms with Crippen LogP contribution < -0.4 is 5.32 Å². The van der Waals surface area contributed by atoms with Crippen LogP contribution in [-0.4, -0.2) is 22.0 Å². The highest BCUT2D eigenvalue weighted by Crippen LogP contribution is 2.18. The van der Waals surface area contributed by atoms with E-state index in [1.165, 1.54) is 12.1 Å². The van der Waals surface area contributed by atoms with Crippen molar-refractivity contribution in [2.45, 2.75) is 19.9 Å². The molecule has 4 nitrogen and oxygen atoms in total. The predicted molar refractivity (Wildman–Crippen MR) is 95.5 cm³/mol. The third-order valence-corrected chi connectivity index (χ3v) is 4.00. The van der Waals surface area contributed by atoms with Crippen molar-refractivity contribution in [2.24, 2.45) is 0 Å². The molecule has 3 aromatic rings. The van der Waals surface area contributed by atoms with Crippen molar-refractivity contribution in [2.75, 3.05) is 6.54 Å². The summed E-state index contributed by atoms with van der Waals surface area (Å²) in [6.45, 7) is 3.12. The zero-order valence-corrected chi connectivity index (χ0v) is 14.1. The quantitative estimate of drug-likeness (QED) is 0.750. The first kappa shape index (κ1) is 16.9. The molecule has 0 aliphatic heterocycles. The summed E-state index contributed by atoms with van der Waals surface area (Å²) in [4.78, 5) is 16.5. The van der Waals surface area contributed by atoms with Crippen LogP contribution in [0.1, 0.15) is 11.3 Å². The van der Waals surface area contributed by atoms with Crippen molar-refractivity contribution >= 4 is 5.91 Å². The van der Waals surface area contributed by atoms with Gasteiger partial charge < -0.3 is 9.88 Å². The lowest BCUT2D eigenvalue weighted by Crippen LogP contribution is -2.29. The molecule has 0 atom stereocenters. The Hall–Kier alpha value is -2.95. The van der Waals surface area contributed by atoms with Gasteiger partial charge in [0.2, 0.25) is 5.91 Å². The molecule has 0 unspecified atom stereocenters. The summed E-state index contributed by atoms with van der Waals surface area (Å²) in [6.07, 6.45) is 2.00. The first-order chi connectivity index (χ1) is 12.1. The second-order valence-corrected chi connectivity index (χ2v) is 5.90. The molecule has 1 heterocycles. The molecular weight excluding hydrogens is 317 g/mol. The average Bonchev–Trinajstić information content (AvgIpc) is 2.97. The van der Waals surface area contributed by atoms with Crippen LogP contribution in [0, 0.1) is 12.7 Å². The van der Waals surface area contributed by atoms with E-state index in [9.17, 15) is 9.18 Å². The van der Waals surface area contributed by atoms with E-state index in [4.69, 9.17) is 0 Å². The third kappa shape index (κ3) is 4.32. The smallest absolute Gasteiger partial charge is 0.224 e. The predicted octanol–water partition coefficient (Wildman–Crippen LogP) is 3.36. The van der Waals surface area contributed by atoms with Crippen molar-refractivity contribution in [1.82, 2.24) is 14.9 Å². The Morgan fingerprint density at radius 2 is 1.96 bits per heavy atom. The highest BCUT2D eigenvalue weighted by Gasteiger charge is 2.09.